The van der Waals surface area contributed by atoms with Crippen molar-refractivity contribution in [1.82, 2.24) is 10.2 Å². The van der Waals surface area contributed by atoms with Crippen molar-refractivity contribution in [3.05, 3.63) is 35.6 Å². The molecule has 0 radical (unpaired) electrons. The number of carbonyl (C=O) groups excluding carboxylic acids is 2. The van der Waals surface area contributed by atoms with E-state index < -0.39 is 0 Å². The van der Waals surface area contributed by atoms with E-state index in [-0.39, 0.29) is 29.6 Å². The second-order valence-electron chi connectivity index (χ2n) is 6.70. The van der Waals surface area contributed by atoms with Crippen molar-refractivity contribution in [3.8, 4) is 0 Å². The zero-order chi connectivity index (χ0) is 16.4. The number of rotatable bonds is 4. The molecule has 0 bridgehead atoms. The molecule has 0 aromatic heterocycles. The van der Waals surface area contributed by atoms with Crippen molar-refractivity contribution in [2.24, 2.45) is 11.8 Å². The van der Waals surface area contributed by atoms with Crippen molar-refractivity contribution in [3.63, 3.8) is 0 Å². The third-order valence-corrected chi connectivity index (χ3v) is 4.87. The summed E-state index contributed by atoms with van der Waals surface area (Å²) in [6.45, 7) is 2.73. The van der Waals surface area contributed by atoms with Crippen LogP contribution in [0.4, 0.5) is 4.39 Å². The molecule has 1 aromatic carbocycles. The summed E-state index contributed by atoms with van der Waals surface area (Å²) in [5, 5.41) is 3.01. The minimum Gasteiger partial charge on any atom is -0.356 e. The maximum absolute atomic E-state index is 13.1. The van der Waals surface area contributed by atoms with Crippen LogP contribution in [-0.2, 0) is 9.59 Å². The van der Waals surface area contributed by atoms with Gasteiger partial charge in [0.2, 0.25) is 11.8 Å². The fourth-order valence-electron chi connectivity index (χ4n) is 3.28. The van der Waals surface area contributed by atoms with Crippen LogP contribution >= 0.6 is 0 Å². The Labute approximate surface area is 136 Å². The first-order valence-corrected chi connectivity index (χ1v) is 8.35. The van der Waals surface area contributed by atoms with Gasteiger partial charge < -0.3 is 10.2 Å². The first-order chi connectivity index (χ1) is 11.0. The Bertz CT molecular complexity index is 583. The van der Waals surface area contributed by atoms with Gasteiger partial charge in [-0.25, -0.2) is 4.39 Å². The summed E-state index contributed by atoms with van der Waals surface area (Å²) in [6, 6.07) is 6.22. The fraction of sp³-hybridized carbons (Fsp3) is 0.556. The SMILES string of the molecule is CC(=O)N1CC(C(=O)NCC2CC2)CCC1c1ccc(F)cc1. The molecule has 0 spiro atoms. The number of carbonyl (C=O) groups is 2. The summed E-state index contributed by atoms with van der Waals surface area (Å²) in [5.74, 6) is 0.240. The number of likely N-dealkylation sites (tertiary alicyclic amines) is 1. The molecule has 1 saturated heterocycles. The van der Waals surface area contributed by atoms with Crippen molar-refractivity contribution < 1.29 is 14.0 Å². The van der Waals surface area contributed by atoms with E-state index in [4.69, 9.17) is 0 Å². The maximum atomic E-state index is 13.1. The first-order valence-electron chi connectivity index (χ1n) is 8.35. The van der Waals surface area contributed by atoms with Crippen LogP contribution in [-0.4, -0.2) is 29.8 Å². The van der Waals surface area contributed by atoms with Gasteiger partial charge in [-0.15, -0.1) is 0 Å². The highest BCUT2D eigenvalue weighted by Gasteiger charge is 2.34. The second kappa shape index (κ2) is 6.69. The van der Waals surface area contributed by atoms with Crippen LogP contribution in [0.1, 0.15) is 44.2 Å². The molecule has 1 aromatic rings. The zero-order valence-electron chi connectivity index (χ0n) is 13.4. The molecule has 1 saturated carbocycles. The van der Waals surface area contributed by atoms with Crippen LogP contribution in [0.3, 0.4) is 0 Å². The highest BCUT2D eigenvalue weighted by atomic mass is 19.1. The number of hydrogen-bond acceptors (Lipinski definition) is 2. The highest BCUT2D eigenvalue weighted by molar-refractivity contribution is 5.81. The largest absolute Gasteiger partial charge is 0.356 e. The molecule has 23 heavy (non-hydrogen) atoms. The van der Waals surface area contributed by atoms with Crippen LogP contribution in [0, 0.1) is 17.7 Å². The van der Waals surface area contributed by atoms with Crippen molar-refractivity contribution >= 4 is 11.8 Å². The molecule has 2 fully saturated rings. The zero-order valence-corrected chi connectivity index (χ0v) is 13.4. The van der Waals surface area contributed by atoms with E-state index in [1.54, 1.807) is 17.0 Å². The molecule has 5 heteroatoms. The minimum absolute atomic E-state index is 0.0426. The van der Waals surface area contributed by atoms with Crippen LogP contribution in [0.15, 0.2) is 24.3 Å². The molecule has 4 nitrogen and oxygen atoms in total. The van der Waals surface area contributed by atoms with E-state index in [2.05, 4.69) is 5.32 Å². The van der Waals surface area contributed by atoms with Crippen LogP contribution < -0.4 is 5.32 Å². The van der Waals surface area contributed by atoms with Gasteiger partial charge in [0, 0.05) is 20.0 Å². The van der Waals surface area contributed by atoms with E-state index in [0.29, 0.717) is 12.5 Å². The number of nitrogens with zero attached hydrogens (tertiary/aromatic N) is 1. The minimum atomic E-state index is -0.281. The summed E-state index contributed by atoms with van der Waals surface area (Å²) in [5.41, 5.74) is 0.929. The lowest BCUT2D eigenvalue weighted by molar-refractivity contribution is -0.137. The number of halogens is 1. The van der Waals surface area contributed by atoms with Gasteiger partial charge in [-0.05, 0) is 49.3 Å². The summed E-state index contributed by atoms with van der Waals surface area (Å²) in [6.07, 6.45) is 3.89. The Balaban J connectivity index is 1.66. The molecule has 2 atom stereocenters. The average Bonchev–Trinajstić information content (AvgIpc) is 3.37. The Kier molecular flexibility index (Phi) is 4.64. The highest BCUT2D eigenvalue weighted by Crippen LogP contribution is 2.34. The normalized spacial score (nSPS) is 24.3. The van der Waals surface area contributed by atoms with Crippen LogP contribution in [0.5, 0.6) is 0 Å². The van der Waals surface area contributed by atoms with Gasteiger partial charge in [-0.2, -0.15) is 0 Å². The predicted molar refractivity (Wildman–Crippen MR) is 85.0 cm³/mol. The number of hydrogen-bond donors (Lipinski definition) is 1. The third kappa shape index (κ3) is 3.89. The molecule has 1 aliphatic carbocycles. The summed E-state index contributed by atoms with van der Waals surface area (Å²) >= 11 is 0. The lowest BCUT2D eigenvalue weighted by Crippen LogP contribution is -2.46. The van der Waals surface area contributed by atoms with Crippen molar-refractivity contribution in [1.29, 1.82) is 0 Å². The molecule has 124 valence electrons. The predicted octanol–water partition coefficient (Wildman–Crippen LogP) is 2.65. The van der Waals surface area contributed by atoms with Gasteiger partial charge in [0.15, 0.2) is 0 Å². The quantitative estimate of drug-likeness (QED) is 0.928. The molecule has 2 aliphatic rings. The summed E-state index contributed by atoms with van der Waals surface area (Å²) in [4.78, 5) is 26.0. The number of amides is 2. The Morgan fingerprint density at radius 1 is 1.17 bits per heavy atom. The topological polar surface area (TPSA) is 49.4 Å². The summed E-state index contributed by atoms with van der Waals surface area (Å²) in [7, 11) is 0. The lowest BCUT2D eigenvalue weighted by atomic mass is 9.88. The number of nitrogens with one attached hydrogen (secondary N) is 1. The van der Waals surface area contributed by atoms with Gasteiger partial charge >= 0.3 is 0 Å². The number of piperidine rings is 1. The molecule has 2 amide bonds. The van der Waals surface area contributed by atoms with Crippen molar-refractivity contribution in [2.75, 3.05) is 13.1 Å². The molecule has 1 aliphatic heterocycles. The van der Waals surface area contributed by atoms with E-state index in [0.717, 1.165) is 24.9 Å². The van der Waals surface area contributed by atoms with Gasteiger partial charge in [-0.3, -0.25) is 9.59 Å². The third-order valence-electron chi connectivity index (χ3n) is 4.87. The van der Waals surface area contributed by atoms with Crippen LogP contribution in [0.2, 0.25) is 0 Å². The summed E-state index contributed by atoms with van der Waals surface area (Å²) < 4.78 is 13.1. The Morgan fingerprint density at radius 3 is 2.48 bits per heavy atom. The fourth-order valence-corrected chi connectivity index (χ4v) is 3.28. The van der Waals surface area contributed by atoms with Gasteiger partial charge in [0.05, 0.1) is 12.0 Å². The lowest BCUT2D eigenvalue weighted by Gasteiger charge is -2.39. The Morgan fingerprint density at radius 2 is 1.87 bits per heavy atom. The van der Waals surface area contributed by atoms with E-state index in [1.807, 2.05) is 0 Å². The molecule has 1 heterocycles. The molecular formula is C18H23FN2O2. The number of benzene rings is 1. The second-order valence-corrected chi connectivity index (χ2v) is 6.70. The average molecular weight is 318 g/mol. The van der Waals surface area contributed by atoms with Crippen molar-refractivity contribution in [2.45, 2.75) is 38.6 Å². The standard InChI is InChI=1S/C18H23FN2O2/c1-12(22)21-11-15(18(23)20-10-13-2-3-13)6-9-17(21)14-4-7-16(19)8-5-14/h4-5,7-8,13,15,17H,2-3,6,9-11H2,1H3,(H,20,23). The first kappa shape index (κ1) is 16.0. The Hall–Kier alpha value is -1.91. The van der Waals surface area contributed by atoms with Gasteiger partial charge in [0.25, 0.3) is 0 Å². The molecule has 1 N–H and O–H groups in total. The van der Waals surface area contributed by atoms with Crippen LogP contribution in [0.25, 0.3) is 0 Å². The van der Waals surface area contributed by atoms with E-state index >= 15 is 0 Å². The van der Waals surface area contributed by atoms with Gasteiger partial charge in [-0.1, -0.05) is 12.1 Å². The monoisotopic (exact) mass is 318 g/mol. The smallest absolute Gasteiger partial charge is 0.224 e. The van der Waals surface area contributed by atoms with Gasteiger partial charge in [0.1, 0.15) is 5.82 Å². The maximum Gasteiger partial charge on any atom is 0.224 e. The molecular weight excluding hydrogens is 295 g/mol. The molecule has 2 unspecified atom stereocenters. The molecule has 3 rings (SSSR count). The van der Waals surface area contributed by atoms with E-state index in [1.165, 1.54) is 31.9 Å². The van der Waals surface area contributed by atoms with E-state index in [9.17, 15) is 14.0 Å².